The average Bonchev–Trinajstić information content (AvgIpc) is 2.82. The van der Waals surface area contributed by atoms with Crippen molar-refractivity contribution in [3.63, 3.8) is 0 Å². The van der Waals surface area contributed by atoms with E-state index < -0.39 is 39.1 Å². The smallest absolute Gasteiger partial charge is 0.329 e. The van der Waals surface area contributed by atoms with Gasteiger partial charge in [0.05, 0.1) is 4.90 Å². The number of carbonyl (C=O) groups is 1. The molecule has 36 heavy (non-hydrogen) atoms. The Bertz CT molecular complexity index is 1570. The number of phenols is 1. The van der Waals surface area contributed by atoms with Crippen LogP contribution >= 0.6 is 0 Å². The molecule has 0 saturated carbocycles. The van der Waals surface area contributed by atoms with Gasteiger partial charge in [-0.25, -0.2) is 13.2 Å². The standard InChI is InChI=1S/C27H25NO7S/c1-16(2)26(28-36(32,33)20-11-9-17(3)10-12-20)27(31)34-19-13-21(29)25-22(30)15-23(35-24(25)14-19)18-7-5-4-6-8-18/h4-16,26,28-29H,1-3H3/t26-/m1/s1. The quantitative estimate of drug-likeness (QED) is 0.281. The molecule has 3 aromatic carbocycles. The third-order valence-corrected chi connectivity index (χ3v) is 7.05. The predicted octanol–water partition coefficient (Wildman–Crippen LogP) is 4.38. The van der Waals surface area contributed by atoms with Gasteiger partial charge in [0.1, 0.15) is 34.3 Å². The van der Waals surface area contributed by atoms with Crippen LogP contribution in [0.4, 0.5) is 0 Å². The number of fused-ring (bicyclic) bond motifs is 1. The van der Waals surface area contributed by atoms with Gasteiger partial charge < -0.3 is 14.3 Å². The lowest BCUT2D eigenvalue weighted by Crippen LogP contribution is -2.46. The first kappa shape index (κ1) is 25.2. The Balaban J connectivity index is 1.64. The summed E-state index contributed by atoms with van der Waals surface area (Å²) < 4.78 is 39.3. The van der Waals surface area contributed by atoms with Gasteiger partial charge in [-0.1, -0.05) is 61.9 Å². The number of esters is 1. The summed E-state index contributed by atoms with van der Waals surface area (Å²) in [5, 5.41) is 10.4. The van der Waals surface area contributed by atoms with Crippen molar-refractivity contribution in [2.75, 3.05) is 0 Å². The number of aryl methyl sites for hydroxylation is 1. The number of hydrogen-bond donors (Lipinski definition) is 2. The van der Waals surface area contributed by atoms with Crippen LogP contribution in [0.5, 0.6) is 11.5 Å². The Morgan fingerprint density at radius 1 is 1.00 bits per heavy atom. The third-order valence-electron chi connectivity index (χ3n) is 5.59. The van der Waals surface area contributed by atoms with Crippen LogP contribution in [0.2, 0.25) is 0 Å². The van der Waals surface area contributed by atoms with Crippen molar-refractivity contribution < 1.29 is 27.5 Å². The van der Waals surface area contributed by atoms with E-state index in [9.17, 15) is 23.1 Å². The van der Waals surface area contributed by atoms with Crippen LogP contribution in [0, 0.1) is 12.8 Å². The number of ether oxygens (including phenoxy) is 1. The highest BCUT2D eigenvalue weighted by atomic mass is 32.2. The van der Waals surface area contributed by atoms with Gasteiger partial charge >= 0.3 is 5.97 Å². The summed E-state index contributed by atoms with van der Waals surface area (Å²) in [6.07, 6.45) is 0. The van der Waals surface area contributed by atoms with Crippen molar-refractivity contribution >= 4 is 27.0 Å². The lowest BCUT2D eigenvalue weighted by Gasteiger charge is -2.21. The maximum absolute atomic E-state index is 13.0. The molecule has 0 aliphatic rings. The molecule has 0 saturated heterocycles. The molecule has 4 aromatic rings. The number of rotatable bonds is 7. The second-order valence-corrected chi connectivity index (χ2v) is 10.4. The van der Waals surface area contributed by atoms with E-state index in [-0.39, 0.29) is 27.4 Å². The highest BCUT2D eigenvalue weighted by Gasteiger charge is 2.30. The van der Waals surface area contributed by atoms with Crippen molar-refractivity contribution in [1.82, 2.24) is 4.72 Å². The fourth-order valence-electron chi connectivity index (χ4n) is 3.64. The zero-order chi connectivity index (χ0) is 26.0. The summed E-state index contributed by atoms with van der Waals surface area (Å²) in [5.41, 5.74) is 1.11. The first-order chi connectivity index (χ1) is 17.0. The molecule has 0 fully saturated rings. The Labute approximate surface area is 208 Å². The number of benzene rings is 3. The summed E-state index contributed by atoms with van der Waals surface area (Å²) in [5.74, 6) is -1.57. The van der Waals surface area contributed by atoms with Gasteiger partial charge in [-0.15, -0.1) is 0 Å². The van der Waals surface area contributed by atoms with Gasteiger partial charge in [0.2, 0.25) is 10.0 Å². The van der Waals surface area contributed by atoms with Crippen molar-refractivity contribution in [3.8, 4) is 22.8 Å². The molecule has 0 spiro atoms. The lowest BCUT2D eigenvalue weighted by atomic mass is 10.1. The number of hydrogen-bond acceptors (Lipinski definition) is 7. The van der Waals surface area contributed by atoms with E-state index in [2.05, 4.69) is 4.72 Å². The maximum atomic E-state index is 13.0. The number of carbonyl (C=O) groups excluding carboxylic acids is 1. The Morgan fingerprint density at radius 2 is 1.67 bits per heavy atom. The minimum Gasteiger partial charge on any atom is -0.507 e. The Morgan fingerprint density at radius 3 is 2.31 bits per heavy atom. The molecule has 1 aromatic heterocycles. The van der Waals surface area contributed by atoms with Crippen molar-refractivity contribution in [2.24, 2.45) is 5.92 Å². The number of nitrogens with one attached hydrogen (secondary N) is 1. The molecule has 1 atom stereocenters. The maximum Gasteiger partial charge on any atom is 0.329 e. The van der Waals surface area contributed by atoms with E-state index in [0.717, 1.165) is 11.6 Å². The van der Waals surface area contributed by atoms with Crippen LogP contribution in [0.3, 0.4) is 0 Å². The summed E-state index contributed by atoms with van der Waals surface area (Å²) >= 11 is 0. The highest BCUT2D eigenvalue weighted by molar-refractivity contribution is 7.89. The van der Waals surface area contributed by atoms with E-state index in [4.69, 9.17) is 9.15 Å². The second-order valence-electron chi connectivity index (χ2n) is 8.73. The molecule has 0 amide bonds. The van der Waals surface area contributed by atoms with E-state index >= 15 is 0 Å². The average molecular weight is 508 g/mol. The van der Waals surface area contributed by atoms with Gasteiger partial charge in [0, 0.05) is 23.8 Å². The Hall–Kier alpha value is -3.95. The van der Waals surface area contributed by atoms with Crippen LogP contribution < -0.4 is 14.9 Å². The summed E-state index contributed by atoms with van der Waals surface area (Å²) in [7, 11) is -4.00. The van der Waals surface area contributed by atoms with E-state index in [0.29, 0.717) is 5.56 Å². The summed E-state index contributed by atoms with van der Waals surface area (Å²) in [6, 6.07) is 17.7. The van der Waals surface area contributed by atoms with Gasteiger partial charge in [0.25, 0.3) is 0 Å². The highest BCUT2D eigenvalue weighted by Crippen LogP contribution is 2.31. The molecule has 8 nitrogen and oxygen atoms in total. The topological polar surface area (TPSA) is 123 Å². The fourth-order valence-corrected chi connectivity index (χ4v) is 4.97. The molecule has 1 heterocycles. The Kier molecular flexibility index (Phi) is 6.96. The predicted molar refractivity (Wildman–Crippen MR) is 135 cm³/mol. The molecule has 2 N–H and O–H groups in total. The molecule has 9 heteroatoms. The molecular formula is C27H25NO7S. The minimum atomic E-state index is -4.00. The van der Waals surface area contributed by atoms with Gasteiger partial charge in [-0.05, 0) is 25.0 Å². The van der Waals surface area contributed by atoms with Crippen LogP contribution in [0.25, 0.3) is 22.3 Å². The number of sulfonamides is 1. The molecule has 186 valence electrons. The molecule has 0 aliphatic carbocycles. The van der Waals surface area contributed by atoms with E-state index in [1.165, 1.54) is 24.3 Å². The molecule has 0 aliphatic heterocycles. The van der Waals surface area contributed by atoms with Gasteiger partial charge in [-0.2, -0.15) is 4.72 Å². The third kappa shape index (κ3) is 5.32. The molecule has 0 bridgehead atoms. The van der Waals surface area contributed by atoms with E-state index in [1.54, 1.807) is 50.2 Å². The largest absolute Gasteiger partial charge is 0.507 e. The van der Waals surface area contributed by atoms with E-state index in [1.807, 2.05) is 13.0 Å². The summed E-state index contributed by atoms with van der Waals surface area (Å²) in [6.45, 7) is 5.18. The molecule has 0 unspecified atom stereocenters. The van der Waals surface area contributed by atoms with Crippen LogP contribution in [-0.4, -0.2) is 25.5 Å². The first-order valence-corrected chi connectivity index (χ1v) is 12.7. The first-order valence-electron chi connectivity index (χ1n) is 11.2. The number of phenolic OH excluding ortho intramolecular Hbond substituents is 1. The molecular weight excluding hydrogens is 482 g/mol. The SMILES string of the molecule is Cc1ccc(S(=O)(=O)N[C@@H](C(=O)Oc2cc(O)c3c(=O)cc(-c4ccccc4)oc3c2)C(C)C)cc1. The second kappa shape index (κ2) is 9.96. The van der Waals surface area contributed by atoms with Gasteiger partial charge in [-0.3, -0.25) is 4.79 Å². The summed E-state index contributed by atoms with van der Waals surface area (Å²) in [4.78, 5) is 25.6. The lowest BCUT2D eigenvalue weighted by molar-refractivity contribution is -0.137. The molecule has 0 radical (unpaired) electrons. The van der Waals surface area contributed by atoms with Crippen molar-refractivity contribution in [3.05, 3.63) is 88.6 Å². The molecule has 4 rings (SSSR count). The minimum absolute atomic E-state index is 0.0186. The number of aromatic hydroxyl groups is 1. The fraction of sp³-hybridized carbons (Fsp3) is 0.185. The zero-order valence-electron chi connectivity index (χ0n) is 19.9. The van der Waals surface area contributed by atoms with Crippen LogP contribution in [-0.2, 0) is 14.8 Å². The van der Waals surface area contributed by atoms with Crippen molar-refractivity contribution in [2.45, 2.75) is 31.7 Å². The van der Waals surface area contributed by atoms with Crippen molar-refractivity contribution in [1.29, 1.82) is 0 Å². The van der Waals surface area contributed by atoms with Gasteiger partial charge in [0.15, 0.2) is 5.43 Å². The monoisotopic (exact) mass is 507 g/mol. The normalized spacial score (nSPS) is 12.6. The zero-order valence-corrected chi connectivity index (χ0v) is 20.7. The van der Waals surface area contributed by atoms with Crippen LogP contribution in [0.15, 0.2) is 86.9 Å². The van der Waals surface area contributed by atoms with Crippen LogP contribution in [0.1, 0.15) is 19.4 Å².